The molecule has 0 aliphatic heterocycles. The highest BCUT2D eigenvalue weighted by Crippen LogP contribution is 2.32. The molecule has 0 spiro atoms. The van der Waals surface area contributed by atoms with Crippen molar-refractivity contribution < 1.29 is 32.2 Å². The Hall–Kier alpha value is -3.57. The molecule has 8 nitrogen and oxygen atoms in total. The molecule has 4 rings (SSSR count). The van der Waals surface area contributed by atoms with Crippen molar-refractivity contribution in [3.05, 3.63) is 63.9 Å². The lowest BCUT2D eigenvalue weighted by Gasteiger charge is -2.13. The molecule has 0 saturated heterocycles. The van der Waals surface area contributed by atoms with Crippen LogP contribution in [0.15, 0.2) is 46.9 Å². The van der Waals surface area contributed by atoms with E-state index in [9.17, 15) is 23.1 Å². The van der Waals surface area contributed by atoms with Crippen LogP contribution in [-0.4, -0.2) is 32.3 Å². The predicted molar refractivity (Wildman–Crippen MR) is 111 cm³/mol. The smallest absolute Gasteiger partial charge is 0.503 e. The van der Waals surface area contributed by atoms with Gasteiger partial charge in [-0.15, -0.1) is 13.2 Å². The van der Waals surface area contributed by atoms with Gasteiger partial charge >= 0.3 is 6.36 Å². The van der Waals surface area contributed by atoms with E-state index in [1.807, 2.05) is 0 Å². The van der Waals surface area contributed by atoms with Gasteiger partial charge in [0, 0.05) is 17.7 Å². The number of alkyl halides is 3. The summed E-state index contributed by atoms with van der Waals surface area (Å²) < 4.78 is 47.2. The van der Waals surface area contributed by atoms with E-state index in [1.165, 1.54) is 36.4 Å². The summed E-state index contributed by atoms with van der Waals surface area (Å²) in [5, 5.41) is 11.5. The van der Waals surface area contributed by atoms with Crippen molar-refractivity contribution in [3.8, 4) is 23.2 Å². The van der Waals surface area contributed by atoms with Gasteiger partial charge in [-0.05, 0) is 24.3 Å². The molecule has 0 saturated carbocycles. The van der Waals surface area contributed by atoms with Gasteiger partial charge in [0.15, 0.2) is 21.6 Å². The number of ether oxygens (including phenoxy) is 1. The number of hydrogen-bond donors (Lipinski definition) is 2. The van der Waals surface area contributed by atoms with Crippen molar-refractivity contribution in [3.63, 3.8) is 0 Å². The molecular formula is C20H11Cl2F3N4O4. The topological polar surface area (TPSA) is 110 Å². The summed E-state index contributed by atoms with van der Waals surface area (Å²) in [4.78, 5) is 24.4. The van der Waals surface area contributed by atoms with E-state index in [2.05, 4.69) is 25.0 Å². The van der Waals surface area contributed by atoms with Crippen LogP contribution in [0.1, 0.15) is 15.9 Å². The van der Waals surface area contributed by atoms with E-state index >= 15 is 0 Å². The van der Waals surface area contributed by atoms with Gasteiger partial charge in [0.1, 0.15) is 11.3 Å². The maximum absolute atomic E-state index is 12.6. The second-order valence-corrected chi connectivity index (χ2v) is 7.23. The Morgan fingerprint density at radius 1 is 1.09 bits per heavy atom. The number of fused-ring (bicyclic) bond motifs is 1. The maximum Gasteiger partial charge on any atom is 0.573 e. The number of halogens is 5. The summed E-state index contributed by atoms with van der Waals surface area (Å²) >= 11 is 11.6. The Bertz CT molecular complexity index is 1340. The summed E-state index contributed by atoms with van der Waals surface area (Å²) in [6.45, 7) is -0.203. The molecule has 0 atom stereocenters. The first-order valence-corrected chi connectivity index (χ1v) is 9.81. The van der Waals surface area contributed by atoms with E-state index in [0.717, 1.165) is 6.07 Å². The fraction of sp³-hybridized carbons (Fsp3) is 0.100. The zero-order valence-electron chi connectivity index (χ0n) is 16.2. The van der Waals surface area contributed by atoms with Gasteiger partial charge in [-0.25, -0.2) is 15.0 Å². The van der Waals surface area contributed by atoms with Crippen molar-refractivity contribution in [2.75, 3.05) is 0 Å². The number of nitrogens with zero attached hydrogens (tertiary/aromatic N) is 3. The Balaban J connectivity index is 1.53. The number of amides is 1. The number of nitrogens with one attached hydrogen (secondary N) is 1. The molecule has 4 aromatic rings. The van der Waals surface area contributed by atoms with Crippen LogP contribution in [0.3, 0.4) is 0 Å². The van der Waals surface area contributed by atoms with Crippen molar-refractivity contribution in [2.45, 2.75) is 12.9 Å². The van der Waals surface area contributed by atoms with Crippen LogP contribution in [0.5, 0.6) is 11.5 Å². The fourth-order valence-corrected chi connectivity index (χ4v) is 3.20. The first-order valence-electron chi connectivity index (χ1n) is 9.05. The molecule has 2 aromatic heterocycles. The monoisotopic (exact) mass is 498 g/mol. The lowest BCUT2D eigenvalue weighted by atomic mass is 10.1. The Labute approximate surface area is 192 Å². The Morgan fingerprint density at radius 3 is 2.48 bits per heavy atom. The zero-order chi connectivity index (χ0) is 23.8. The summed E-state index contributed by atoms with van der Waals surface area (Å²) in [6.07, 6.45) is -4.86. The summed E-state index contributed by atoms with van der Waals surface area (Å²) in [7, 11) is 0. The van der Waals surface area contributed by atoms with Crippen LogP contribution >= 0.6 is 23.2 Å². The van der Waals surface area contributed by atoms with Gasteiger partial charge in [0.05, 0.1) is 0 Å². The minimum atomic E-state index is -4.86. The molecule has 0 bridgehead atoms. The SMILES string of the molecule is O=C(NCc1ccccc1OC(F)(F)F)c1ccc2oc(-c3nc(Cl)c(O)c(Cl)n3)nc2c1. The third-order valence-corrected chi connectivity index (χ3v) is 4.80. The number of hydrogen-bond acceptors (Lipinski definition) is 7. The van der Waals surface area contributed by atoms with E-state index in [4.69, 9.17) is 27.6 Å². The Kier molecular flexibility index (Phi) is 6.00. The highest BCUT2D eigenvalue weighted by atomic mass is 35.5. The molecule has 0 unspecified atom stereocenters. The minimum absolute atomic E-state index is 0.0513. The normalized spacial score (nSPS) is 11.5. The number of para-hydroxylation sites is 1. The Morgan fingerprint density at radius 2 is 1.79 bits per heavy atom. The minimum Gasteiger partial charge on any atom is -0.503 e. The van der Waals surface area contributed by atoms with Crippen LogP contribution in [0.4, 0.5) is 13.2 Å². The van der Waals surface area contributed by atoms with Crippen LogP contribution < -0.4 is 10.1 Å². The molecule has 0 aliphatic rings. The molecule has 13 heteroatoms. The molecule has 2 aromatic carbocycles. The van der Waals surface area contributed by atoms with Crippen LogP contribution in [-0.2, 0) is 6.54 Å². The highest BCUT2D eigenvalue weighted by molar-refractivity contribution is 6.35. The molecule has 0 radical (unpaired) electrons. The third kappa shape index (κ3) is 5.10. The van der Waals surface area contributed by atoms with E-state index in [-0.39, 0.29) is 45.2 Å². The van der Waals surface area contributed by atoms with Crippen molar-refractivity contribution in [1.82, 2.24) is 20.3 Å². The summed E-state index contributed by atoms with van der Waals surface area (Å²) in [5.74, 6) is -1.58. The molecule has 0 aliphatic carbocycles. The summed E-state index contributed by atoms with van der Waals surface area (Å²) in [5.41, 5.74) is 0.905. The van der Waals surface area contributed by atoms with E-state index in [0.29, 0.717) is 5.58 Å². The lowest BCUT2D eigenvalue weighted by molar-refractivity contribution is -0.274. The second kappa shape index (κ2) is 8.75. The van der Waals surface area contributed by atoms with Crippen LogP contribution in [0, 0.1) is 0 Å². The zero-order valence-corrected chi connectivity index (χ0v) is 17.7. The van der Waals surface area contributed by atoms with E-state index in [1.54, 1.807) is 0 Å². The number of rotatable bonds is 5. The van der Waals surface area contributed by atoms with Gasteiger partial charge in [0.2, 0.25) is 5.82 Å². The van der Waals surface area contributed by atoms with Crippen molar-refractivity contribution in [1.29, 1.82) is 0 Å². The number of carbonyl (C=O) groups is 1. The largest absolute Gasteiger partial charge is 0.573 e. The number of benzene rings is 2. The molecule has 33 heavy (non-hydrogen) atoms. The quantitative estimate of drug-likeness (QED) is 0.367. The standard InChI is InChI=1S/C20H11Cl2F3N4O4/c21-15-14(30)16(22)29-17(28-15)19-27-11-7-9(5-6-13(11)32-19)18(31)26-8-10-3-1-2-4-12(10)33-20(23,24)25/h1-7,30H,8H2,(H,26,31). The number of oxazole rings is 1. The molecule has 0 fully saturated rings. The maximum atomic E-state index is 12.6. The fourth-order valence-electron chi connectivity index (χ4n) is 2.81. The number of aromatic nitrogens is 3. The third-order valence-electron chi connectivity index (χ3n) is 4.28. The average molecular weight is 499 g/mol. The van der Waals surface area contributed by atoms with E-state index < -0.39 is 23.8 Å². The first-order chi connectivity index (χ1) is 15.6. The molecule has 170 valence electrons. The molecule has 2 heterocycles. The summed E-state index contributed by atoms with van der Waals surface area (Å²) in [6, 6.07) is 9.81. The first kappa shape index (κ1) is 22.6. The predicted octanol–water partition coefficient (Wildman–Crippen LogP) is 5.13. The van der Waals surface area contributed by atoms with Gasteiger partial charge in [-0.2, -0.15) is 0 Å². The molecule has 2 N–H and O–H groups in total. The van der Waals surface area contributed by atoms with Crippen molar-refractivity contribution >= 4 is 40.2 Å². The molecular weight excluding hydrogens is 488 g/mol. The van der Waals surface area contributed by atoms with Gasteiger partial charge < -0.3 is 19.6 Å². The van der Waals surface area contributed by atoms with Crippen LogP contribution in [0.25, 0.3) is 22.8 Å². The highest BCUT2D eigenvalue weighted by Gasteiger charge is 2.32. The van der Waals surface area contributed by atoms with Crippen LogP contribution in [0.2, 0.25) is 10.3 Å². The number of aromatic hydroxyl groups is 1. The number of carbonyl (C=O) groups excluding carboxylic acids is 1. The second-order valence-electron chi connectivity index (χ2n) is 6.52. The lowest BCUT2D eigenvalue weighted by Crippen LogP contribution is -2.24. The average Bonchev–Trinajstić information content (AvgIpc) is 3.18. The van der Waals surface area contributed by atoms with Gasteiger partial charge in [-0.3, -0.25) is 4.79 Å². The van der Waals surface area contributed by atoms with Crippen molar-refractivity contribution in [2.24, 2.45) is 0 Å². The van der Waals surface area contributed by atoms with Gasteiger partial charge in [0.25, 0.3) is 11.8 Å². The molecule has 1 amide bonds. The van der Waals surface area contributed by atoms with Gasteiger partial charge in [-0.1, -0.05) is 41.4 Å².